The van der Waals surface area contributed by atoms with Crippen LogP contribution in [0.25, 0.3) is 0 Å². The third-order valence-corrected chi connectivity index (χ3v) is 14.7. The molecule has 1 spiro atoms. The van der Waals surface area contributed by atoms with Gasteiger partial charge in [-0.2, -0.15) is 0 Å². The molecule has 0 bridgehead atoms. The average Bonchev–Trinajstić information content (AvgIpc) is 3.48. The molecule has 0 aromatic carbocycles. The molecule has 0 unspecified atom stereocenters. The Labute approximate surface area is 264 Å². The van der Waals surface area contributed by atoms with Gasteiger partial charge in [0.2, 0.25) is 5.95 Å². The Bertz CT molecular complexity index is 1220. The van der Waals surface area contributed by atoms with Crippen molar-refractivity contribution in [1.29, 1.82) is 0 Å². The number of hydrogen-bond donors (Lipinski definition) is 1. The van der Waals surface area contributed by atoms with E-state index in [1.165, 1.54) is 44.9 Å². The molecule has 8 nitrogen and oxygen atoms in total. The largest absolute Gasteiger partial charge is 0.349 e. The van der Waals surface area contributed by atoms with Gasteiger partial charge in [-0.05, 0) is 110 Å². The Morgan fingerprint density at radius 3 is 2.43 bits per heavy atom. The van der Waals surface area contributed by atoms with Gasteiger partial charge in [-0.3, -0.25) is 0 Å². The van der Waals surface area contributed by atoms with Crippen molar-refractivity contribution in [2.45, 2.75) is 110 Å². The molecule has 8 rings (SSSR count). The van der Waals surface area contributed by atoms with Gasteiger partial charge in [-0.15, -0.1) is 0 Å². The van der Waals surface area contributed by atoms with Crippen LogP contribution in [-0.4, -0.2) is 71.6 Å². The molecule has 4 aliphatic carbocycles. The molecular formula is C36H55N5O3. The predicted octanol–water partition coefficient (Wildman–Crippen LogP) is 6.12. The van der Waals surface area contributed by atoms with Crippen molar-refractivity contribution >= 4 is 12.0 Å². The van der Waals surface area contributed by atoms with E-state index in [4.69, 9.17) is 9.47 Å². The second-order valence-corrected chi connectivity index (χ2v) is 16.6. The number of carbonyl (C=O) groups excluding carboxylic acids is 1. The number of anilines is 1. The normalized spacial score (nSPS) is 48.3. The van der Waals surface area contributed by atoms with E-state index in [0.717, 1.165) is 81.7 Å². The zero-order chi connectivity index (χ0) is 30.3. The third-order valence-electron chi connectivity index (χ3n) is 14.7. The molecule has 1 aromatic heterocycles. The van der Waals surface area contributed by atoms with Crippen LogP contribution in [-0.2, 0) is 9.47 Å². The highest BCUT2D eigenvalue weighted by atomic mass is 16.7. The molecule has 242 valence electrons. The summed E-state index contributed by atoms with van der Waals surface area (Å²) in [6, 6.07) is 2.27. The number of aromatic nitrogens is 2. The summed E-state index contributed by atoms with van der Waals surface area (Å²) in [4.78, 5) is 26.3. The number of nitrogens with one attached hydrogen (secondary N) is 1. The number of amides is 2. The Kier molecular flexibility index (Phi) is 7.25. The Balaban J connectivity index is 0.888. The zero-order valence-corrected chi connectivity index (χ0v) is 27.5. The van der Waals surface area contributed by atoms with Crippen molar-refractivity contribution < 1.29 is 14.3 Å². The molecule has 44 heavy (non-hydrogen) atoms. The Hall–Kier alpha value is -1.93. The standard InChI is InChI=1S/C36H55N5O3/c1-23-8-13-36(43-22-23)24(2)31-30(44-36)21-29-27-7-6-25-20-26(9-11-34(25,3)28(27)10-12-35(29,31)4)39-33(42)41-18-16-40(17-19-41)32-37-14-5-15-38-32/h5,14-15,23-31H,6-13,16-22H2,1-4H3,(H,39,42)/t23-,24-,25+,26-,27+,28-,29-,30-,31-,34-,35-,36+/m0/s1. The Morgan fingerprint density at radius 1 is 0.909 bits per heavy atom. The molecule has 3 aliphatic heterocycles. The molecule has 4 heterocycles. The number of fused-ring (bicyclic) bond motifs is 7. The van der Waals surface area contributed by atoms with Crippen LogP contribution in [0.4, 0.5) is 10.7 Å². The molecule has 8 heteroatoms. The fourth-order valence-electron chi connectivity index (χ4n) is 12.2. The maximum atomic E-state index is 13.3. The van der Waals surface area contributed by atoms with Crippen LogP contribution in [0.2, 0.25) is 0 Å². The first kappa shape index (κ1) is 29.5. The monoisotopic (exact) mass is 605 g/mol. The van der Waals surface area contributed by atoms with Crippen LogP contribution in [0.15, 0.2) is 18.5 Å². The second-order valence-electron chi connectivity index (χ2n) is 16.6. The van der Waals surface area contributed by atoms with Crippen LogP contribution in [0, 0.1) is 52.3 Å². The summed E-state index contributed by atoms with van der Waals surface area (Å²) in [6.45, 7) is 13.9. The summed E-state index contributed by atoms with van der Waals surface area (Å²) in [5, 5.41) is 3.48. The van der Waals surface area contributed by atoms with Crippen molar-refractivity contribution in [3.63, 3.8) is 0 Å². The van der Waals surface area contributed by atoms with Gasteiger partial charge in [0.1, 0.15) is 0 Å². The van der Waals surface area contributed by atoms with E-state index in [1.807, 2.05) is 11.0 Å². The van der Waals surface area contributed by atoms with Crippen molar-refractivity contribution in [2.24, 2.45) is 52.3 Å². The molecule has 3 saturated heterocycles. The van der Waals surface area contributed by atoms with E-state index in [2.05, 4.69) is 47.9 Å². The summed E-state index contributed by atoms with van der Waals surface area (Å²) < 4.78 is 13.5. The number of ether oxygens (including phenoxy) is 2. The third kappa shape index (κ3) is 4.54. The minimum absolute atomic E-state index is 0.121. The highest BCUT2D eigenvalue weighted by molar-refractivity contribution is 5.74. The zero-order valence-electron chi connectivity index (χ0n) is 27.5. The fraction of sp³-hybridized carbons (Fsp3) is 0.861. The van der Waals surface area contributed by atoms with Crippen molar-refractivity contribution in [3.05, 3.63) is 18.5 Å². The van der Waals surface area contributed by atoms with Gasteiger partial charge in [0.15, 0.2) is 5.79 Å². The molecule has 1 N–H and O–H groups in total. The first-order chi connectivity index (χ1) is 21.2. The average molecular weight is 606 g/mol. The smallest absolute Gasteiger partial charge is 0.317 e. The van der Waals surface area contributed by atoms with Gasteiger partial charge in [-0.1, -0.05) is 27.7 Å². The highest BCUT2D eigenvalue weighted by Gasteiger charge is 2.69. The summed E-state index contributed by atoms with van der Waals surface area (Å²) in [5.41, 5.74) is 0.785. The first-order valence-electron chi connectivity index (χ1n) is 18.1. The molecule has 0 radical (unpaired) electrons. The van der Waals surface area contributed by atoms with E-state index in [-0.39, 0.29) is 11.8 Å². The van der Waals surface area contributed by atoms with E-state index in [0.29, 0.717) is 40.7 Å². The van der Waals surface area contributed by atoms with Crippen LogP contribution < -0.4 is 10.2 Å². The molecule has 1 aromatic rings. The SMILES string of the molecule is C[C@H]1CC[C@@]2(OC1)O[C@H]1C[C@H]3[C@@H]4CC[C@@H]5C[C@@H](NC(=O)N6CCN(c7ncccn7)CC6)CC[C@]5(C)[C@H]4CC[C@]3(C)[C@H]1[C@@H]2C. The lowest BCUT2D eigenvalue weighted by Crippen LogP contribution is -2.58. The van der Waals surface area contributed by atoms with Gasteiger partial charge < -0.3 is 24.6 Å². The van der Waals surface area contributed by atoms with Crippen LogP contribution >= 0.6 is 0 Å². The topological polar surface area (TPSA) is 79.8 Å². The molecule has 2 amide bonds. The maximum absolute atomic E-state index is 13.3. The molecule has 7 aliphatic rings. The van der Waals surface area contributed by atoms with E-state index in [9.17, 15) is 4.79 Å². The summed E-state index contributed by atoms with van der Waals surface area (Å²) in [5.74, 6) is 5.38. The van der Waals surface area contributed by atoms with Gasteiger partial charge in [-0.25, -0.2) is 14.8 Å². The lowest BCUT2D eigenvalue weighted by molar-refractivity contribution is -0.273. The molecule has 4 saturated carbocycles. The van der Waals surface area contributed by atoms with E-state index < -0.39 is 0 Å². The minimum atomic E-state index is -0.316. The first-order valence-corrected chi connectivity index (χ1v) is 18.1. The number of nitrogens with zero attached hydrogens (tertiary/aromatic N) is 4. The highest BCUT2D eigenvalue weighted by Crippen LogP contribution is 2.71. The van der Waals surface area contributed by atoms with Gasteiger partial charge in [0.25, 0.3) is 0 Å². The van der Waals surface area contributed by atoms with Crippen LogP contribution in [0.3, 0.4) is 0 Å². The molecule has 12 atom stereocenters. The summed E-state index contributed by atoms with van der Waals surface area (Å²) in [6.07, 6.45) is 16.4. The van der Waals surface area contributed by atoms with E-state index in [1.54, 1.807) is 12.4 Å². The summed E-state index contributed by atoms with van der Waals surface area (Å²) >= 11 is 0. The number of urea groups is 1. The van der Waals surface area contributed by atoms with E-state index >= 15 is 0 Å². The second kappa shape index (κ2) is 10.8. The predicted molar refractivity (Wildman–Crippen MR) is 170 cm³/mol. The van der Waals surface area contributed by atoms with Gasteiger partial charge in [0.05, 0.1) is 12.7 Å². The number of hydrogen-bond acceptors (Lipinski definition) is 6. The van der Waals surface area contributed by atoms with Crippen molar-refractivity contribution in [2.75, 3.05) is 37.7 Å². The quantitative estimate of drug-likeness (QED) is 0.438. The number of piperazine rings is 1. The molecule has 7 fully saturated rings. The number of rotatable bonds is 2. The molecular weight excluding hydrogens is 550 g/mol. The maximum Gasteiger partial charge on any atom is 0.317 e. The van der Waals surface area contributed by atoms with Crippen LogP contribution in [0.1, 0.15) is 91.9 Å². The van der Waals surface area contributed by atoms with Crippen molar-refractivity contribution in [3.8, 4) is 0 Å². The lowest BCUT2D eigenvalue weighted by atomic mass is 9.44. The Morgan fingerprint density at radius 2 is 1.68 bits per heavy atom. The van der Waals surface area contributed by atoms with Crippen molar-refractivity contribution in [1.82, 2.24) is 20.2 Å². The summed E-state index contributed by atoms with van der Waals surface area (Å²) in [7, 11) is 0. The van der Waals surface area contributed by atoms with Gasteiger partial charge in [0, 0.05) is 57.0 Å². The fourth-order valence-corrected chi connectivity index (χ4v) is 12.2. The minimum Gasteiger partial charge on any atom is -0.349 e. The van der Waals surface area contributed by atoms with Gasteiger partial charge >= 0.3 is 6.03 Å². The number of carbonyl (C=O) groups is 1. The lowest BCUT2D eigenvalue weighted by Gasteiger charge is -2.61. The van der Waals surface area contributed by atoms with Crippen LogP contribution in [0.5, 0.6) is 0 Å².